The minimum Gasteiger partial charge on any atom is -0.354 e. The molecule has 7 nitrogen and oxygen atoms in total. The quantitative estimate of drug-likeness (QED) is 0.257. The molecule has 0 saturated carbocycles. The van der Waals surface area contributed by atoms with E-state index >= 15 is 0 Å². The van der Waals surface area contributed by atoms with Gasteiger partial charge in [0.2, 0.25) is 21.8 Å². The normalized spacial score (nSPS) is 12.0. The van der Waals surface area contributed by atoms with E-state index in [1.54, 1.807) is 42.5 Å². The first kappa shape index (κ1) is 31.5. The smallest absolute Gasteiger partial charge is 0.244 e. The lowest BCUT2D eigenvalue weighted by Gasteiger charge is -2.33. The molecule has 3 aromatic rings. The fourth-order valence-corrected chi connectivity index (χ4v) is 5.39. The van der Waals surface area contributed by atoms with Crippen LogP contribution in [0.1, 0.15) is 36.5 Å². The summed E-state index contributed by atoms with van der Waals surface area (Å²) in [6.07, 6.45) is 2.99. The van der Waals surface area contributed by atoms with Crippen LogP contribution in [0.4, 0.5) is 5.69 Å². The van der Waals surface area contributed by atoms with Gasteiger partial charge in [-0.05, 0) is 48.7 Å². The molecule has 0 aliphatic carbocycles. The van der Waals surface area contributed by atoms with Crippen LogP contribution in [0.25, 0.3) is 0 Å². The fraction of sp³-hybridized carbons (Fsp3) is 0.333. The minimum absolute atomic E-state index is 0.0277. The first-order valence-electron chi connectivity index (χ1n) is 13.1. The van der Waals surface area contributed by atoms with E-state index in [9.17, 15) is 18.0 Å². The van der Waals surface area contributed by atoms with Crippen molar-refractivity contribution in [2.75, 3.05) is 23.7 Å². The summed E-state index contributed by atoms with van der Waals surface area (Å²) in [5.74, 6) is -0.837. The van der Waals surface area contributed by atoms with E-state index in [0.717, 1.165) is 34.5 Å². The van der Waals surface area contributed by atoms with Crippen molar-refractivity contribution in [1.82, 2.24) is 10.2 Å². The number of anilines is 1. The summed E-state index contributed by atoms with van der Waals surface area (Å²) in [6, 6.07) is 20.4. The summed E-state index contributed by atoms with van der Waals surface area (Å²) < 4.78 is 26.7. The van der Waals surface area contributed by atoms with Crippen LogP contribution in [0.3, 0.4) is 0 Å². The zero-order valence-electron chi connectivity index (χ0n) is 22.9. The molecule has 0 saturated heterocycles. The standard InChI is InChI=1S/C30H35Cl2N3O4S/c1-4-5-17-33-30(37)28(19-23-9-7-6-8-10-23)34(20-24-13-16-26(31)27(32)18-24)29(36)21-35(40(3,38)39)25-14-11-22(2)12-15-25/h6-16,18,28H,4-5,17,19-21H2,1-3H3,(H,33,37)/t28-/m0/s1. The SMILES string of the molecule is CCCCNC(=O)[C@H](Cc1ccccc1)N(Cc1ccc(Cl)c(Cl)c1)C(=O)CN(c1ccc(C)cc1)S(C)(=O)=O. The van der Waals surface area contributed by atoms with Crippen molar-refractivity contribution in [2.24, 2.45) is 0 Å². The molecule has 0 spiro atoms. The van der Waals surface area contributed by atoms with Crippen molar-refractivity contribution in [3.8, 4) is 0 Å². The zero-order valence-corrected chi connectivity index (χ0v) is 25.3. The first-order valence-corrected chi connectivity index (χ1v) is 15.7. The molecule has 10 heteroatoms. The highest BCUT2D eigenvalue weighted by Crippen LogP contribution is 2.25. The Morgan fingerprint density at radius 3 is 2.20 bits per heavy atom. The van der Waals surface area contributed by atoms with E-state index in [1.165, 1.54) is 4.90 Å². The van der Waals surface area contributed by atoms with Crippen LogP contribution in [0.5, 0.6) is 0 Å². The summed E-state index contributed by atoms with van der Waals surface area (Å²) in [6.45, 7) is 3.94. The van der Waals surface area contributed by atoms with Crippen molar-refractivity contribution in [2.45, 2.75) is 45.7 Å². The highest BCUT2D eigenvalue weighted by atomic mass is 35.5. The summed E-state index contributed by atoms with van der Waals surface area (Å²) in [4.78, 5) is 29.1. The lowest BCUT2D eigenvalue weighted by Crippen LogP contribution is -2.53. The maximum Gasteiger partial charge on any atom is 0.244 e. The van der Waals surface area contributed by atoms with Crippen LogP contribution in [0, 0.1) is 6.92 Å². The fourth-order valence-electron chi connectivity index (χ4n) is 4.22. The molecule has 0 radical (unpaired) electrons. The van der Waals surface area contributed by atoms with Crippen LogP contribution < -0.4 is 9.62 Å². The van der Waals surface area contributed by atoms with Gasteiger partial charge in [-0.15, -0.1) is 0 Å². The molecule has 40 heavy (non-hydrogen) atoms. The lowest BCUT2D eigenvalue weighted by molar-refractivity contribution is -0.140. The molecule has 0 aromatic heterocycles. The number of carbonyl (C=O) groups is 2. The zero-order chi connectivity index (χ0) is 29.3. The molecule has 0 aliphatic heterocycles. The van der Waals surface area contributed by atoms with Crippen LogP contribution >= 0.6 is 23.2 Å². The average molecular weight is 605 g/mol. The number of carbonyl (C=O) groups excluding carboxylic acids is 2. The lowest BCUT2D eigenvalue weighted by atomic mass is 10.0. The van der Waals surface area contributed by atoms with Gasteiger partial charge in [0.25, 0.3) is 0 Å². The van der Waals surface area contributed by atoms with Crippen LogP contribution in [-0.2, 0) is 32.6 Å². The number of nitrogens with zero attached hydrogens (tertiary/aromatic N) is 2. The Balaban J connectivity index is 2.04. The Morgan fingerprint density at radius 2 is 1.60 bits per heavy atom. The summed E-state index contributed by atoms with van der Waals surface area (Å²) in [5.41, 5.74) is 2.84. The third-order valence-corrected chi connectivity index (χ3v) is 8.32. The number of unbranched alkanes of at least 4 members (excludes halogenated alkanes) is 1. The highest BCUT2D eigenvalue weighted by Gasteiger charge is 2.33. The van der Waals surface area contributed by atoms with E-state index in [4.69, 9.17) is 23.2 Å². The summed E-state index contributed by atoms with van der Waals surface area (Å²) in [7, 11) is -3.82. The van der Waals surface area contributed by atoms with Crippen molar-refractivity contribution in [1.29, 1.82) is 0 Å². The molecular formula is C30H35Cl2N3O4S. The maximum atomic E-state index is 14.0. The van der Waals surface area contributed by atoms with Gasteiger partial charge in [-0.25, -0.2) is 8.42 Å². The minimum atomic E-state index is -3.82. The molecule has 0 unspecified atom stereocenters. The Morgan fingerprint density at radius 1 is 0.925 bits per heavy atom. The molecule has 0 aliphatic rings. The van der Waals surface area contributed by atoms with Gasteiger partial charge in [0, 0.05) is 19.5 Å². The molecule has 3 rings (SSSR count). The second kappa shape index (κ2) is 14.5. The molecule has 0 bridgehead atoms. The Kier molecular flexibility index (Phi) is 11.4. The number of aryl methyl sites for hydroxylation is 1. The number of hydrogen-bond donors (Lipinski definition) is 1. The van der Waals surface area contributed by atoms with Gasteiger partial charge in [0.1, 0.15) is 12.6 Å². The molecule has 1 atom stereocenters. The molecule has 1 N–H and O–H groups in total. The Hall–Kier alpha value is -3.07. The number of hydrogen-bond acceptors (Lipinski definition) is 4. The second-order valence-corrected chi connectivity index (χ2v) is 12.4. The van der Waals surface area contributed by atoms with Crippen molar-refractivity contribution < 1.29 is 18.0 Å². The third kappa shape index (κ3) is 8.98. The van der Waals surface area contributed by atoms with E-state index in [2.05, 4.69) is 5.32 Å². The number of amides is 2. The molecule has 0 fully saturated rings. The molecular weight excluding hydrogens is 569 g/mol. The number of halogens is 2. The van der Waals surface area contributed by atoms with Gasteiger partial charge in [0.15, 0.2) is 0 Å². The number of nitrogens with one attached hydrogen (secondary N) is 1. The van der Waals surface area contributed by atoms with Gasteiger partial charge in [-0.1, -0.05) is 90.6 Å². The maximum absolute atomic E-state index is 14.0. The van der Waals surface area contributed by atoms with Crippen LogP contribution in [-0.4, -0.2) is 50.5 Å². The van der Waals surface area contributed by atoms with Crippen LogP contribution in [0.2, 0.25) is 10.0 Å². The van der Waals surface area contributed by atoms with E-state index in [-0.39, 0.29) is 18.9 Å². The predicted molar refractivity (Wildman–Crippen MR) is 162 cm³/mol. The van der Waals surface area contributed by atoms with E-state index < -0.39 is 28.5 Å². The monoisotopic (exact) mass is 603 g/mol. The van der Waals surface area contributed by atoms with Gasteiger partial charge in [-0.2, -0.15) is 0 Å². The molecule has 3 aromatic carbocycles. The summed E-state index contributed by atoms with van der Waals surface area (Å²) in [5, 5.41) is 3.64. The van der Waals surface area contributed by atoms with Gasteiger partial charge in [-0.3, -0.25) is 13.9 Å². The topological polar surface area (TPSA) is 86.8 Å². The second-order valence-electron chi connectivity index (χ2n) is 9.73. The molecule has 0 heterocycles. The molecule has 2 amide bonds. The van der Waals surface area contributed by atoms with Crippen molar-refractivity contribution in [3.63, 3.8) is 0 Å². The number of rotatable bonds is 13. The summed E-state index contributed by atoms with van der Waals surface area (Å²) >= 11 is 12.4. The Bertz CT molecular complexity index is 1400. The van der Waals surface area contributed by atoms with Gasteiger partial charge in [0.05, 0.1) is 22.0 Å². The highest BCUT2D eigenvalue weighted by molar-refractivity contribution is 7.92. The first-order chi connectivity index (χ1) is 19.0. The van der Waals surface area contributed by atoms with Crippen molar-refractivity contribution >= 4 is 50.7 Å². The van der Waals surface area contributed by atoms with Gasteiger partial charge < -0.3 is 10.2 Å². The Labute approximate surface area is 247 Å². The average Bonchev–Trinajstić information content (AvgIpc) is 2.91. The number of sulfonamides is 1. The third-order valence-electron chi connectivity index (χ3n) is 6.44. The number of benzene rings is 3. The largest absolute Gasteiger partial charge is 0.354 e. The van der Waals surface area contributed by atoms with Crippen LogP contribution in [0.15, 0.2) is 72.8 Å². The van der Waals surface area contributed by atoms with Crippen molar-refractivity contribution in [3.05, 3.63) is 99.5 Å². The predicted octanol–water partition coefficient (Wildman–Crippen LogP) is 5.62. The molecule has 214 valence electrons. The van der Waals surface area contributed by atoms with E-state index in [1.807, 2.05) is 44.2 Å². The van der Waals surface area contributed by atoms with Gasteiger partial charge >= 0.3 is 0 Å². The van der Waals surface area contributed by atoms with E-state index in [0.29, 0.717) is 27.8 Å².